The molecule has 1 saturated heterocycles. The van der Waals surface area contributed by atoms with Crippen molar-refractivity contribution in [3.05, 3.63) is 71.8 Å². The van der Waals surface area contributed by atoms with Crippen molar-refractivity contribution < 1.29 is 9.53 Å². The Morgan fingerprint density at radius 2 is 2.00 bits per heavy atom. The summed E-state index contributed by atoms with van der Waals surface area (Å²) in [5.74, 6) is 0.141. The van der Waals surface area contributed by atoms with Crippen molar-refractivity contribution in [3.63, 3.8) is 0 Å². The highest BCUT2D eigenvalue weighted by Crippen LogP contribution is 2.27. The van der Waals surface area contributed by atoms with E-state index in [4.69, 9.17) is 9.72 Å². The van der Waals surface area contributed by atoms with Crippen LogP contribution < -0.4 is 0 Å². The Hall–Kier alpha value is -3.03. The van der Waals surface area contributed by atoms with Gasteiger partial charge in [-0.15, -0.1) is 0 Å². The van der Waals surface area contributed by atoms with Gasteiger partial charge in [-0.25, -0.2) is 0 Å². The lowest BCUT2D eigenvalue weighted by molar-refractivity contribution is -0.136. The number of pyridine rings is 1. The van der Waals surface area contributed by atoms with Gasteiger partial charge >= 0.3 is 0 Å². The van der Waals surface area contributed by atoms with Gasteiger partial charge in [0, 0.05) is 50.2 Å². The molecule has 0 saturated carbocycles. The molecule has 3 heterocycles. The smallest absolute Gasteiger partial charge is 0.237 e. The zero-order chi connectivity index (χ0) is 23.4. The zero-order valence-electron chi connectivity index (χ0n) is 19.9. The Labute approximate surface area is 196 Å². The predicted octanol–water partition coefficient (Wildman–Crippen LogP) is 3.60. The van der Waals surface area contributed by atoms with Gasteiger partial charge in [-0.2, -0.15) is 5.10 Å². The fourth-order valence-electron chi connectivity index (χ4n) is 4.24. The van der Waals surface area contributed by atoms with Gasteiger partial charge in [0.1, 0.15) is 6.10 Å². The summed E-state index contributed by atoms with van der Waals surface area (Å²) in [5, 5.41) is 4.28. The van der Waals surface area contributed by atoms with Gasteiger partial charge in [0.2, 0.25) is 5.91 Å². The maximum Gasteiger partial charge on any atom is 0.237 e. The van der Waals surface area contributed by atoms with Gasteiger partial charge in [0.15, 0.2) is 0 Å². The minimum Gasteiger partial charge on any atom is -0.369 e. The van der Waals surface area contributed by atoms with Gasteiger partial charge in [-0.1, -0.05) is 30.3 Å². The van der Waals surface area contributed by atoms with Gasteiger partial charge in [0.05, 0.1) is 25.0 Å². The number of ether oxygens (including phenoxy) is 1. The van der Waals surface area contributed by atoms with E-state index in [9.17, 15) is 4.79 Å². The average molecular weight is 448 g/mol. The third kappa shape index (κ3) is 5.86. The predicted molar refractivity (Wildman–Crippen MR) is 128 cm³/mol. The van der Waals surface area contributed by atoms with Crippen LogP contribution in [0.25, 0.3) is 11.1 Å². The van der Waals surface area contributed by atoms with Crippen LogP contribution in [0, 0.1) is 6.92 Å². The molecular weight excluding hydrogens is 414 g/mol. The van der Waals surface area contributed by atoms with Gasteiger partial charge in [-0.05, 0) is 44.0 Å². The minimum absolute atomic E-state index is 0.134. The van der Waals surface area contributed by atoms with Crippen molar-refractivity contribution in [1.82, 2.24) is 24.6 Å². The Balaban J connectivity index is 1.45. The van der Waals surface area contributed by atoms with Crippen LogP contribution in [0.5, 0.6) is 0 Å². The first-order chi connectivity index (χ1) is 15.9. The normalized spacial score (nSPS) is 16.8. The van der Waals surface area contributed by atoms with Crippen LogP contribution in [0.4, 0.5) is 0 Å². The van der Waals surface area contributed by atoms with Crippen molar-refractivity contribution in [2.45, 2.75) is 39.5 Å². The van der Waals surface area contributed by atoms with E-state index in [1.165, 1.54) is 0 Å². The van der Waals surface area contributed by atoms with E-state index < -0.39 is 0 Å². The van der Waals surface area contributed by atoms with E-state index in [-0.39, 0.29) is 18.1 Å². The average Bonchev–Trinajstić information content (AvgIpc) is 3.24. The summed E-state index contributed by atoms with van der Waals surface area (Å²) >= 11 is 0. The number of nitrogens with zero attached hydrogens (tertiary/aromatic N) is 5. The van der Waals surface area contributed by atoms with Crippen LogP contribution in [-0.2, 0) is 23.1 Å². The standard InChI is InChI=1S/C26H33N5O2/c1-19(2)31(15-21-8-6-5-7-9-21)26(32)18-30-10-11-33-25(17-30)24-13-22(12-20(3)28-24)23-14-27-29(4)16-23/h5-9,12-14,16,19,25H,10-11,15,17-18H2,1-4H3/t25-/m0/s1. The van der Waals surface area contributed by atoms with Crippen molar-refractivity contribution in [2.24, 2.45) is 7.05 Å². The highest BCUT2D eigenvalue weighted by molar-refractivity contribution is 5.78. The van der Waals surface area contributed by atoms with E-state index >= 15 is 0 Å². The van der Waals surface area contributed by atoms with Crippen LogP contribution in [0.3, 0.4) is 0 Å². The van der Waals surface area contributed by atoms with Gasteiger partial charge in [0.25, 0.3) is 0 Å². The molecule has 4 rings (SSSR count). The van der Waals surface area contributed by atoms with Crippen molar-refractivity contribution >= 4 is 5.91 Å². The van der Waals surface area contributed by atoms with E-state index in [0.717, 1.165) is 34.6 Å². The number of amides is 1. The van der Waals surface area contributed by atoms with Crippen LogP contribution in [0.15, 0.2) is 54.9 Å². The molecule has 0 bridgehead atoms. The van der Waals surface area contributed by atoms with Crippen LogP contribution in [0.1, 0.15) is 36.9 Å². The molecule has 0 aliphatic carbocycles. The fraction of sp³-hybridized carbons (Fsp3) is 0.423. The maximum atomic E-state index is 13.2. The van der Waals surface area contributed by atoms with Crippen LogP contribution in [0.2, 0.25) is 0 Å². The molecule has 7 heteroatoms. The Morgan fingerprint density at radius 1 is 1.21 bits per heavy atom. The summed E-state index contributed by atoms with van der Waals surface area (Å²) in [6.07, 6.45) is 3.69. The second kappa shape index (κ2) is 10.3. The molecule has 1 fully saturated rings. The highest BCUT2D eigenvalue weighted by Gasteiger charge is 2.27. The quantitative estimate of drug-likeness (QED) is 0.554. The molecule has 1 aliphatic heterocycles. The van der Waals surface area contributed by atoms with Crippen molar-refractivity contribution in [1.29, 1.82) is 0 Å². The second-order valence-corrected chi connectivity index (χ2v) is 9.02. The number of morpholine rings is 1. The second-order valence-electron chi connectivity index (χ2n) is 9.02. The molecule has 7 nitrogen and oxygen atoms in total. The molecule has 2 aromatic heterocycles. The summed E-state index contributed by atoms with van der Waals surface area (Å²) in [7, 11) is 1.91. The molecule has 0 spiro atoms. The summed E-state index contributed by atoms with van der Waals surface area (Å²) in [6, 6.07) is 14.4. The lowest BCUT2D eigenvalue weighted by Gasteiger charge is -2.35. The van der Waals surface area contributed by atoms with Gasteiger partial charge in [-0.3, -0.25) is 19.4 Å². The number of aryl methyl sites for hydroxylation is 2. The van der Waals surface area contributed by atoms with Crippen LogP contribution in [-0.4, -0.2) is 62.8 Å². The molecule has 1 atom stereocenters. The van der Waals surface area contributed by atoms with E-state index in [1.54, 1.807) is 4.68 Å². The first-order valence-electron chi connectivity index (χ1n) is 11.5. The molecule has 1 aromatic carbocycles. The Morgan fingerprint density at radius 3 is 2.70 bits per heavy atom. The fourth-order valence-corrected chi connectivity index (χ4v) is 4.24. The topological polar surface area (TPSA) is 63.5 Å². The van der Waals surface area contributed by atoms with Crippen molar-refractivity contribution in [3.8, 4) is 11.1 Å². The number of rotatable bonds is 7. The molecule has 1 amide bonds. The maximum absolute atomic E-state index is 13.2. The molecule has 0 radical (unpaired) electrons. The Kier molecular flexibility index (Phi) is 7.20. The van der Waals surface area contributed by atoms with Crippen molar-refractivity contribution in [2.75, 3.05) is 26.2 Å². The SMILES string of the molecule is Cc1cc(-c2cnn(C)c2)cc([C@@H]2CN(CC(=O)N(Cc3ccccc3)C(C)C)CCO2)n1. The molecule has 174 valence electrons. The first-order valence-corrected chi connectivity index (χ1v) is 11.5. The summed E-state index contributed by atoms with van der Waals surface area (Å²) in [6.45, 7) is 9.10. The molecule has 0 unspecified atom stereocenters. The summed E-state index contributed by atoms with van der Waals surface area (Å²) in [5.41, 5.74) is 5.12. The Bertz CT molecular complexity index is 1080. The third-order valence-electron chi connectivity index (χ3n) is 5.99. The first kappa shape index (κ1) is 23.1. The number of benzene rings is 1. The highest BCUT2D eigenvalue weighted by atomic mass is 16.5. The zero-order valence-corrected chi connectivity index (χ0v) is 19.9. The number of hydrogen-bond donors (Lipinski definition) is 0. The lowest BCUT2D eigenvalue weighted by Crippen LogP contribution is -2.47. The number of carbonyl (C=O) groups is 1. The van der Waals surface area contributed by atoms with Crippen LogP contribution >= 0.6 is 0 Å². The monoisotopic (exact) mass is 447 g/mol. The molecule has 33 heavy (non-hydrogen) atoms. The van der Waals surface area contributed by atoms with E-state index in [1.807, 2.05) is 49.5 Å². The lowest BCUT2D eigenvalue weighted by atomic mass is 10.1. The summed E-state index contributed by atoms with van der Waals surface area (Å²) in [4.78, 5) is 22.1. The van der Waals surface area contributed by atoms with Gasteiger partial charge < -0.3 is 9.64 Å². The van der Waals surface area contributed by atoms with E-state index in [0.29, 0.717) is 26.2 Å². The third-order valence-corrected chi connectivity index (χ3v) is 5.99. The number of aromatic nitrogens is 3. The molecule has 0 N–H and O–H groups in total. The largest absolute Gasteiger partial charge is 0.369 e. The minimum atomic E-state index is -0.163. The molecule has 1 aliphatic rings. The van der Waals surface area contributed by atoms with E-state index in [2.05, 4.69) is 48.1 Å². The number of carbonyl (C=O) groups excluding carboxylic acids is 1. The number of hydrogen-bond acceptors (Lipinski definition) is 5. The molecular formula is C26H33N5O2. The summed E-state index contributed by atoms with van der Waals surface area (Å²) < 4.78 is 7.88. The molecule has 3 aromatic rings.